The van der Waals surface area contributed by atoms with Gasteiger partial charge in [0.25, 0.3) is 0 Å². The van der Waals surface area contributed by atoms with Crippen molar-refractivity contribution in [3.8, 4) is 0 Å². The Bertz CT molecular complexity index is 576. The Morgan fingerprint density at radius 1 is 1.42 bits per heavy atom. The molecule has 0 aromatic carbocycles. The average Bonchev–Trinajstić information content (AvgIpc) is 3.09. The van der Waals surface area contributed by atoms with Crippen molar-refractivity contribution in [3.63, 3.8) is 0 Å². The minimum atomic E-state index is 0. The van der Waals surface area contributed by atoms with E-state index in [4.69, 9.17) is 4.99 Å². The molecule has 24 heavy (non-hydrogen) atoms. The molecule has 1 saturated carbocycles. The fraction of sp³-hybridized carbons (Fsp3) is 0.824. The smallest absolute Gasteiger partial charge is 0.191 e. The van der Waals surface area contributed by atoms with Gasteiger partial charge in [0.2, 0.25) is 0 Å². The van der Waals surface area contributed by atoms with Gasteiger partial charge in [0.1, 0.15) is 5.82 Å². The van der Waals surface area contributed by atoms with Crippen LogP contribution in [0.15, 0.2) is 4.99 Å². The summed E-state index contributed by atoms with van der Waals surface area (Å²) in [5.74, 6) is 3.41. The zero-order chi connectivity index (χ0) is 16.4. The molecular weight excluding hydrogens is 415 g/mol. The van der Waals surface area contributed by atoms with Gasteiger partial charge in [-0.15, -0.1) is 24.0 Å². The molecule has 6 nitrogen and oxygen atoms in total. The molecule has 3 rings (SSSR count). The van der Waals surface area contributed by atoms with Crippen molar-refractivity contribution in [1.82, 2.24) is 25.4 Å². The van der Waals surface area contributed by atoms with Crippen molar-refractivity contribution in [1.29, 1.82) is 0 Å². The van der Waals surface area contributed by atoms with Crippen LogP contribution in [0.1, 0.15) is 64.5 Å². The maximum absolute atomic E-state index is 4.78. The molecule has 0 saturated heterocycles. The van der Waals surface area contributed by atoms with Crippen LogP contribution in [-0.4, -0.2) is 39.9 Å². The van der Waals surface area contributed by atoms with Crippen LogP contribution in [0.3, 0.4) is 0 Å². The van der Waals surface area contributed by atoms with Gasteiger partial charge in [0, 0.05) is 31.5 Å². The average molecular weight is 446 g/mol. The van der Waals surface area contributed by atoms with Gasteiger partial charge in [-0.2, -0.15) is 5.10 Å². The first-order valence-corrected chi connectivity index (χ1v) is 8.97. The normalized spacial score (nSPS) is 21.9. The van der Waals surface area contributed by atoms with Crippen molar-refractivity contribution in [2.45, 2.75) is 71.9 Å². The lowest BCUT2D eigenvalue weighted by Gasteiger charge is -2.25. The lowest BCUT2D eigenvalue weighted by atomic mass is 10.1. The van der Waals surface area contributed by atoms with Crippen molar-refractivity contribution >= 4 is 29.9 Å². The van der Waals surface area contributed by atoms with Crippen LogP contribution in [0.25, 0.3) is 0 Å². The van der Waals surface area contributed by atoms with Gasteiger partial charge in [0.15, 0.2) is 11.8 Å². The third-order valence-electron chi connectivity index (χ3n) is 4.80. The Balaban J connectivity index is 0.00000208. The Kier molecular flexibility index (Phi) is 6.50. The standard InChI is InChI=1S/C17H30N6.HI/c1-5-18-16(19-11-17(4)8-9-17)20-13-6-7-14-21-15(12(2)3)22-23(14)10-13;/h12-13H,5-11H2,1-4H3,(H2,18,19,20);1H. The van der Waals surface area contributed by atoms with Crippen LogP contribution in [0.4, 0.5) is 0 Å². The summed E-state index contributed by atoms with van der Waals surface area (Å²) >= 11 is 0. The van der Waals surface area contributed by atoms with E-state index in [2.05, 4.69) is 53.1 Å². The molecule has 0 bridgehead atoms. The second-order valence-corrected chi connectivity index (χ2v) is 7.61. The maximum atomic E-state index is 4.78. The second kappa shape index (κ2) is 8.01. The first-order valence-electron chi connectivity index (χ1n) is 8.97. The van der Waals surface area contributed by atoms with Crippen molar-refractivity contribution < 1.29 is 0 Å². The largest absolute Gasteiger partial charge is 0.357 e. The van der Waals surface area contributed by atoms with E-state index >= 15 is 0 Å². The number of aryl methyl sites for hydroxylation is 1. The zero-order valence-corrected chi connectivity index (χ0v) is 17.6. The highest BCUT2D eigenvalue weighted by Crippen LogP contribution is 2.44. The summed E-state index contributed by atoms with van der Waals surface area (Å²) in [6.07, 6.45) is 4.67. The molecule has 1 fully saturated rings. The summed E-state index contributed by atoms with van der Waals surface area (Å²) in [7, 11) is 0. The first kappa shape index (κ1) is 19.5. The molecule has 0 radical (unpaired) electrons. The molecule has 1 aliphatic carbocycles. The number of halogens is 1. The summed E-state index contributed by atoms with van der Waals surface area (Å²) < 4.78 is 2.07. The third kappa shape index (κ3) is 4.83. The Morgan fingerprint density at radius 3 is 2.79 bits per heavy atom. The molecule has 2 heterocycles. The number of aromatic nitrogens is 3. The highest BCUT2D eigenvalue weighted by Gasteiger charge is 2.37. The monoisotopic (exact) mass is 446 g/mol. The van der Waals surface area contributed by atoms with Crippen LogP contribution in [0, 0.1) is 5.41 Å². The topological polar surface area (TPSA) is 67.1 Å². The number of nitrogens with one attached hydrogen (secondary N) is 2. The Hall–Kier alpha value is -0.860. The lowest BCUT2D eigenvalue weighted by molar-refractivity contribution is 0.391. The van der Waals surface area contributed by atoms with Gasteiger partial charge in [0.05, 0.1) is 6.54 Å². The second-order valence-electron chi connectivity index (χ2n) is 7.61. The Morgan fingerprint density at radius 2 is 2.17 bits per heavy atom. The minimum Gasteiger partial charge on any atom is -0.357 e. The van der Waals surface area contributed by atoms with E-state index in [9.17, 15) is 0 Å². The van der Waals surface area contributed by atoms with Gasteiger partial charge in [-0.05, 0) is 31.6 Å². The zero-order valence-electron chi connectivity index (χ0n) is 15.3. The fourth-order valence-electron chi connectivity index (χ4n) is 2.85. The molecule has 1 aromatic heterocycles. The molecule has 2 N–H and O–H groups in total. The van der Waals surface area contributed by atoms with E-state index in [1.165, 1.54) is 12.8 Å². The molecule has 1 atom stereocenters. The third-order valence-corrected chi connectivity index (χ3v) is 4.80. The van der Waals surface area contributed by atoms with Crippen LogP contribution in [-0.2, 0) is 13.0 Å². The van der Waals surface area contributed by atoms with Gasteiger partial charge in [-0.3, -0.25) is 4.99 Å². The lowest BCUT2D eigenvalue weighted by Crippen LogP contribution is -2.47. The van der Waals surface area contributed by atoms with Gasteiger partial charge >= 0.3 is 0 Å². The van der Waals surface area contributed by atoms with Gasteiger partial charge in [-0.25, -0.2) is 9.67 Å². The summed E-state index contributed by atoms with van der Waals surface area (Å²) in [6.45, 7) is 11.4. The van der Waals surface area contributed by atoms with E-state index in [0.717, 1.165) is 50.1 Å². The summed E-state index contributed by atoms with van der Waals surface area (Å²) in [4.78, 5) is 9.44. The van der Waals surface area contributed by atoms with Crippen molar-refractivity contribution in [2.75, 3.05) is 13.1 Å². The minimum absolute atomic E-state index is 0. The molecule has 0 amide bonds. The predicted molar refractivity (Wildman–Crippen MR) is 108 cm³/mol. The van der Waals surface area contributed by atoms with Crippen molar-refractivity contribution in [3.05, 3.63) is 11.6 Å². The maximum Gasteiger partial charge on any atom is 0.191 e. The summed E-state index contributed by atoms with van der Waals surface area (Å²) in [5.41, 5.74) is 0.445. The number of guanidine groups is 1. The SMILES string of the molecule is CCNC(=NCC1(C)CC1)NC1CCc2nc(C(C)C)nn2C1.I. The summed E-state index contributed by atoms with van der Waals surface area (Å²) in [5, 5.41) is 11.6. The highest BCUT2D eigenvalue weighted by atomic mass is 127. The van der Waals surface area contributed by atoms with Crippen molar-refractivity contribution in [2.24, 2.45) is 10.4 Å². The molecule has 2 aliphatic rings. The Labute approximate surface area is 162 Å². The molecule has 7 heteroatoms. The predicted octanol–water partition coefficient (Wildman–Crippen LogP) is 2.69. The number of rotatable bonds is 5. The van der Waals surface area contributed by atoms with E-state index in [1.54, 1.807) is 0 Å². The molecule has 1 aliphatic heterocycles. The number of fused-ring (bicyclic) bond motifs is 1. The first-order chi connectivity index (χ1) is 11.0. The number of nitrogens with zero attached hydrogens (tertiary/aromatic N) is 4. The van der Waals surface area contributed by atoms with Crippen LogP contribution in [0.2, 0.25) is 0 Å². The van der Waals surface area contributed by atoms with E-state index < -0.39 is 0 Å². The van der Waals surface area contributed by atoms with Crippen LogP contribution >= 0.6 is 24.0 Å². The van der Waals surface area contributed by atoms with Gasteiger partial charge < -0.3 is 10.6 Å². The number of aliphatic imine (C=N–C) groups is 1. The molecular formula is C17H31IN6. The van der Waals surface area contributed by atoms with Crippen LogP contribution < -0.4 is 10.6 Å². The molecule has 0 spiro atoms. The fourth-order valence-corrected chi connectivity index (χ4v) is 2.85. The van der Waals surface area contributed by atoms with E-state index in [0.29, 0.717) is 17.4 Å². The number of hydrogen-bond acceptors (Lipinski definition) is 3. The van der Waals surface area contributed by atoms with Gasteiger partial charge in [-0.1, -0.05) is 20.8 Å². The van der Waals surface area contributed by atoms with E-state index in [-0.39, 0.29) is 24.0 Å². The van der Waals surface area contributed by atoms with E-state index in [1.807, 2.05) is 0 Å². The quantitative estimate of drug-likeness (QED) is 0.415. The van der Waals surface area contributed by atoms with Crippen LogP contribution in [0.5, 0.6) is 0 Å². The number of hydrogen-bond donors (Lipinski definition) is 2. The molecule has 1 unspecified atom stereocenters. The highest BCUT2D eigenvalue weighted by molar-refractivity contribution is 14.0. The summed E-state index contributed by atoms with van der Waals surface area (Å²) in [6, 6.07) is 0.369. The molecule has 136 valence electrons. The molecule has 1 aromatic rings.